The first-order chi connectivity index (χ1) is 9.87. The minimum absolute atomic E-state index is 0.0959. The standard InChI is InChI=1S/C15H23N3O3/c1-15(2,3)21-14(20)17-7-10-6-13-12(11(10)8-17)9-18(16-13)4-5-19/h9-11,19H,4-8H2,1-3H3. The molecule has 6 heteroatoms. The van der Waals surface area contributed by atoms with Crippen molar-refractivity contribution in [3.8, 4) is 0 Å². The average Bonchev–Trinajstić information content (AvgIpc) is 2.96. The van der Waals surface area contributed by atoms with Gasteiger partial charge in [0, 0.05) is 25.2 Å². The average molecular weight is 293 g/mol. The molecule has 0 aromatic carbocycles. The number of nitrogens with zero attached hydrogens (tertiary/aromatic N) is 3. The van der Waals surface area contributed by atoms with Crippen LogP contribution in [0.2, 0.25) is 0 Å². The lowest BCUT2D eigenvalue weighted by atomic mass is 9.98. The number of fused-ring (bicyclic) bond motifs is 3. The number of carbonyl (C=O) groups excluding carboxylic acids is 1. The number of aliphatic hydroxyl groups excluding tert-OH is 1. The van der Waals surface area contributed by atoms with Gasteiger partial charge in [0.15, 0.2) is 0 Å². The molecular weight excluding hydrogens is 270 g/mol. The number of rotatable bonds is 2. The van der Waals surface area contributed by atoms with E-state index in [1.165, 1.54) is 5.56 Å². The van der Waals surface area contributed by atoms with Crippen molar-refractivity contribution in [3.63, 3.8) is 0 Å². The first-order valence-electron chi connectivity index (χ1n) is 7.52. The van der Waals surface area contributed by atoms with Gasteiger partial charge >= 0.3 is 6.09 Å². The van der Waals surface area contributed by atoms with E-state index in [9.17, 15) is 4.79 Å². The minimum Gasteiger partial charge on any atom is -0.444 e. The topological polar surface area (TPSA) is 67.6 Å². The Morgan fingerprint density at radius 1 is 1.48 bits per heavy atom. The van der Waals surface area contributed by atoms with Gasteiger partial charge in [-0.2, -0.15) is 5.10 Å². The van der Waals surface area contributed by atoms with Crippen molar-refractivity contribution < 1.29 is 14.6 Å². The molecule has 0 radical (unpaired) electrons. The van der Waals surface area contributed by atoms with Gasteiger partial charge in [0.1, 0.15) is 5.60 Å². The van der Waals surface area contributed by atoms with Gasteiger partial charge in [0.05, 0.1) is 18.8 Å². The molecule has 21 heavy (non-hydrogen) atoms. The molecule has 116 valence electrons. The lowest BCUT2D eigenvalue weighted by molar-refractivity contribution is 0.0285. The van der Waals surface area contributed by atoms with Gasteiger partial charge in [-0.3, -0.25) is 4.68 Å². The number of hydrogen-bond donors (Lipinski definition) is 1. The molecule has 1 aromatic rings. The molecule has 0 bridgehead atoms. The quantitative estimate of drug-likeness (QED) is 0.894. The zero-order valence-electron chi connectivity index (χ0n) is 12.9. The van der Waals surface area contributed by atoms with Crippen LogP contribution in [0.15, 0.2) is 6.20 Å². The fraction of sp³-hybridized carbons (Fsp3) is 0.733. The SMILES string of the molecule is CC(C)(C)OC(=O)N1CC2Cc3nn(CCO)cc3C2C1. The molecule has 3 rings (SSSR count). The molecule has 1 N–H and O–H groups in total. The summed E-state index contributed by atoms with van der Waals surface area (Å²) >= 11 is 0. The molecule has 1 amide bonds. The van der Waals surface area contributed by atoms with Gasteiger partial charge in [-0.1, -0.05) is 0 Å². The van der Waals surface area contributed by atoms with Crippen LogP contribution in [0.1, 0.15) is 37.9 Å². The lowest BCUT2D eigenvalue weighted by Crippen LogP contribution is -2.35. The number of amides is 1. The highest BCUT2D eigenvalue weighted by Crippen LogP contribution is 2.42. The number of aliphatic hydroxyl groups is 1. The first-order valence-corrected chi connectivity index (χ1v) is 7.52. The van der Waals surface area contributed by atoms with E-state index in [0.29, 0.717) is 24.9 Å². The molecule has 2 unspecified atom stereocenters. The van der Waals surface area contributed by atoms with Crippen LogP contribution in [0.5, 0.6) is 0 Å². The van der Waals surface area contributed by atoms with E-state index in [2.05, 4.69) is 5.10 Å². The zero-order chi connectivity index (χ0) is 15.2. The Bertz CT molecular complexity index is 547. The van der Waals surface area contributed by atoms with E-state index in [4.69, 9.17) is 9.84 Å². The smallest absolute Gasteiger partial charge is 0.410 e. The Morgan fingerprint density at radius 2 is 2.24 bits per heavy atom. The van der Waals surface area contributed by atoms with Gasteiger partial charge in [-0.05, 0) is 38.7 Å². The van der Waals surface area contributed by atoms with E-state index in [1.807, 2.05) is 31.9 Å². The molecule has 2 heterocycles. The summed E-state index contributed by atoms with van der Waals surface area (Å²) in [5, 5.41) is 13.5. The number of aromatic nitrogens is 2. The molecule has 0 spiro atoms. The summed E-state index contributed by atoms with van der Waals surface area (Å²) in [6.45, 7) is 7.74. The Kier molecular flexibility index (Phi) is 3.43. The van der Waals surface area contributed by atoms with Crippen molar-refractivity contribution in [2.45, 2.75) is 45.3 Å². The summed E-state index contributed by atoms with van der Waals surface area (Å²) in [5.41, 5.74) is 1.91. The molecular formula is C15H23N3O3. The van der Waals surface area contributed by atoms with Crippen LogP contribution in [0.3, 0.4) is 0 Å². The minimum atomic E-state index is -0.452. The van der Waals surface area contributed by atoms with Crippen molar-refractivity contribution in [3.05, 3.63) is 17.5 Å². The second kappa shape index (κ2) is 5.02. The second-order valence-corrected chi connectivity index (χ2v) is 6.97. The van der Waals surface area contributed by atoms with Crippen molar-refractivity contribution in [2.24, 2.45) is 5.92 Å². The maximum absolute atomic E-state index is 12.2. The predicted octanol–water partition coefficient (Wildman–Crippen LogP) is 1.38. The number of carbonyl (C=O) groups is 1. The molecule has 1 aliphatic heterocycles. The third-order valence-corrected chi connectivity index (χ3v) is 4.15. The van der Waals surface area contributed by atoms with E-state index < -0.39 is 5.60 Å². The second-order valence-electron chi connectivity index (χ2n) is 6.97. The molecule has 6 nitrogen and oxygen atoms in total. The van der Waals surface area contributed by atoms with Crippen LogP contribution in [-0.2, 0) is 17.7 Å². The highest BCUT2D eigenvalue weighted by molar-refractivity contribution is 5.69. The van der Waals surface area contributed by atoms with Crippen molar-refractivity contribution in [1.82, 2.24) is 14.7 Å². The Balaban J connectivity index is 1.68. The summed E-state index contributed by atoms with van der Waals surface area (Å²) in [6.07, 6.45) is 2.72. The lowest BCUT2D eigenvalue weighted by Gasteiger charge is -2.24. The van der Waals surface area contributed by atoms with Crippen molar-refractivity contribution in [1.29, 1.82) is 0 Å². The van der Waals surface area contributed by atoms with Crippen LogP contribution in [0, 0.1) is 5.92 Å². The van der Waals surface area contributed by atoms with Crippen LogP contribution in [0.4, 0.5) is 4.79 Å². The molecule has 2 aliphatic rings. The Morgan fingerprint density at radius 3 is 2.90 bits per heavy atom. The van der Waals surface area contributed by atoms with Crippen LogP contribution < -0.4 is 0 Å². The van der Waals surface area contributed by atoms with Gasteiger partial charge in [-0.25, -0.2) is 4.79 Å². The Hall–Kier alpha value is -1.56. The van der Waals surface area contributed by atoms with E-state index in [1.54, 1.807) is 4.68 Å². The Labute approximate surface area is 124 Å². The summed E-state index contributed by atoms with van der Waals surface area (Å²) in [4.78, 5) is 14.0. The number of ether oxygens (including phenoxy) is 1. The largest absolute Gasteiger partial charge is 0.444 e. The molecule has 2 atom stereocenters. The maximum Gasteiger partial charge on any atom is 0.410 e. The van der Waals surface area contributed by atoms with Crippen molar-refractivity contribution >= 4 is 6.09 Å². The summed E-state index contributed by atoms with van der Waals surface area (Å²) in [5.74, 6) is 0.818. The molecule has 1 aliphatic carbocycles. The van der Waals surface area contributed by atoms with E-state index in [-0.39, 0.29) is 12.7 Å². The zero-order valence-corrected chi connectivity index (χ0v) is 12.9. The first kappa shape index (κ1) is 14.4. The third kappa shape index (κ3) is 2.77. The van der Waals surface area contributed by atoms with Gasteiger partial charge in [0.2, 0.25) is 0 Å². The molecule has 1 fully saturated rings. The monoisotopic (exact) mass is 293 g/mol. The van der Waals surface area contributed by atoms with Crippen LogP contribution in [0.25, 0.3) is 0 Å². The highest BCUT2D eigenvalue weighted by Gasteiger charge is 2.44. The summed E-state index contributed by atoms with van der Waals surface area (Å²) < 4.78 is 7.25. The van der Waals surface area contributed by atoms with Gasteiger partial charge in [0.25, 0.3) is 0 Å². The van der Waals surface area contributed by atoms with Gasteiger partial charge < -0.3 is 14.7 Å². The van der Waals surface area contributed by atoms with Crippen LogP contribution in [-0.4, -0.2) is 51.2 Å². The normalized spacial score (nSPS) is 24.1. The van der Waals surface area contributed by atoms with E-state index in [0.717, 1.165) is 18.7 Å². The fourth-order valence-electron chi connectivity index (χ4n) is 3.32. The van der Waals surface area contributed by atoms with E-state index >= 15 is 0 Å². The number of hydrogen-bond acceptors (Lipinski definition) is 4. The third-order valence-electron chi connectivity index (χ3n) is 4.15. The van der Waals surface area contributed by atoms with Gasteiger partial charge in [-0.15, -0.1) is 0 Å². The summed E-state index contributed by atoms with van der Waals surface area (Å²) in [7, 11) is 0. The molecule has 1 saturated heterocycles. The fourth-order valence-corrected chi connectivity index (χ4v) is 3.32. The molecule has 1 aromatic heterocycles. The maximum atomic E-state index is 12.2. The number of likely N-dealkylation sites (tertiary alicyclic amines) is 1. The van der Waals surface area contributed by atoms with Crippen LogP contribution >= 0.6 is 0 Å². The highest BCUT2D eigenvalue weighted by atomic mass is 16.6. The molecule has 0 saturated carbocycles. The summed E-state index contributed by atoms with van der Waals surface area (Å²) in [6, 6.07) is 0. The van der Waals surface area contributed by atoms with Crippen molar-refractivity contribution in [2.75, 3.05) is 19.7 Å². The predicted molar refractivity (Wildman–Crippen MR) is 77.1 cm³/mol.